The Morgan fingerprint density at radius 3 is 2.40 bits per heavy atom. The maximum atomic E-state index is 10.7. The van der Waals surface area contributed by atoms with Crippen LogP contribution in [0.1, 0.15) is 57.8 Å². The van der Waals surface area contributed by atoms with E-state index >= 15 is 0 Å². The van der Waals surface area contributed by atoms with Gasteiger partial charge in [-0.15, -0.1) is 0 Å². The first-order valence-electron chi connectivity index (χ1n) is 8.36. The fraction of sp³-hybridized carbons (Fsp3) is 1.00. The van der Waals surface area contributed by atoms with E-state index in [-0.39, 0.29) is 11.7 Å². The molecule has 0 bridgehead atoms. The summed E-state index contributed by atoms with van der Waals surface area (Å²) in [6, 6.07) is 0. The molecule has 0 aromatic carbocycles. The summed E-state index contributed by atoms with van der Waals surface area (Å²) in [6.45, 7) is 3.51. The van der Waals surface area contributed by atoms with Crippen LogP contribution in [0, 0.1) is 0 Å². The normalized spacial score (nSPS) is 34.2. The van der Waals surface area contributed by atoms with Gasteiger partial charge < -0.3 is 19.8 Å². The molecule has 4 nitrogen and oxygen atoms in total. The molecule has 3 aliphatic rings. The number of rotatable bonds is 2. The number of aliphatic hydroxyl groups excluding tert-OH is 1. The molecule has 2 heterocycles. The average molecular weight is 283 g/mol. The van der Waals surface area contributed by atoms with Crippen molar-refractivity contribution in [2.75, 3.05) is 26.2 Å². The number of β-amino-alcohol motifs (C(OH)–C–C–N with tert-alkyl or cyclic N) is 1. The van der Waals surface area contributed by atoms with Crippen molar-refractivity contribution in [1.29, 1.82) is 0 Å². The van der Waals surface area contributed by atoms with Crippen molar-refractivity contribution in [3.63, 3.8) is 0 Å². The molecule has 0 aromatic rings. The lowest BCUT2D eigenvalue weighted by atomic mass is 9.81. The highest BCUT2D eigenvalue weighted by Crippen LogP contribution is 2.36. The molecule has 1 saturated carbocycles. The second kappa shape index (κ2) is 5.91. The Hall–Kier alpha value is -0.160. The number of piperidine rings is 1. The minimum Gasteiger partial charge on any atom is -0.393 e. The summed E-state index contributed by atoms with van der Waals surface area (Å²) >= 11 is 0. The van der Waals surface area contributed by atoms with Gasteiger partial charge in [0.1, 0.15) is 0 Å². The summed E-state index contributed by atoms with van der Waals surface area (Å²) in [4.78, 5) is 2.40. The van der Waals surface area contributed by atoms with Gasteiger partial charge in [-0.3, -0.25) is 0 Å². The van der Waals surface area contributed by atoms with Gasteiger partial charge in [-0.2, -0.15) is 0 Å². The third-order valence-corrected chi connectivity index (χ3v) is 5.54. The number of likely N-dealkylation sites (tertiary alicyclic amines) is 1. The van der Waals surface area contributed by atoms with E-state index in [1.807, 2.05) is 0 Å². The van der Waals surface area contributed by atoms with Gasteiger partial charge in [0.25, 0.3) is 0 Å². The van der Waals surface area contributed by atoms with Crippen molar-refractivity contribution < 1.29 is 14.9 Å². The highest BCUT2D eigenvalue weighted by Gasteiger charge is 2.41. The van der Waals surface area contributed by atoms with E-state index in [9.17, 15) is 10.2 Å². The zero-order valence-corrected chi connectivity index (χ0v) is 12.5. The lowest BCUT2D eigenvalue weighted by Crippen LogP contribution is -2.53. The molecule has 0 radical (unpaired) electrons. The molecule has 116 valence electrons. The van der Waals surface area contributed by atoms with Crippen LogP contribution >= 0.6 is 0 Å². The van der Waals surface area contributed by atoms with E-state index in [1.54, 1.807) is 0 Å². The van der Waals surface area contributed by atoms with Crippen molar-refractivity contribution >= 4 is 0 Å². The van der Waals surface area contributed by atoms with Gasteiger partial charge >= 0.3 is 0 Å². The van der Waals surface area contributed by atoms with Crippen LogP contribution in [0.2, 0.25) is 0 Å². The van der Waals surface area contributed by atoms with Gasteiger partial charge in [-0.05, 0) is 32.1 Å². The van der Waals surface area contributed by atoms with Gasteiger partial charge in [0.15, 0.2) is 0 Å². The Morgan fingerprint density at radius 2 is 1.75 bits per heavy atom. The fourth-order valence-corrected chi connectivity index (χ4v) is 4.25. The van der Waals surface area contributed by atoms with Crippen LogP contribution in [0.15, 0.2) is 0 Å². The smallest absolute Gasteiger partial charge is 0.0774 e. The predicted molar refractivity (Wildman–Crippen MR) is 77.6 cm³/mol. The Balaban J connectivity index is 1.50. The Labute approximate surface area is 122 Å². The molecular formula is C16H29NO3. The molecule has 4 heteroatoms. The monoisotopic (exact) mass is 283 g/mol. The SMILES string of the molecule is OC1CCOC2(CCN(CC3(O)CCCCC3)CC2)C1. The van der Waals surface area contributed by atoms with E-state index in [2.05, 4.69) is 4.90 Å². The maximum absolute atomic E-state index is 10.7. The second-order valence-corrected chi connectivity index (χ2v) is 7.24. The summed E-state index contributed by atoms with van der Waals surface area (Å²) in [5.74, 6) is 0. The van der Waals surface area contributed by atoms with E-state index < -0.39 is 5.60 Å². The molecule has 1 aliphatic carbocycles. The predicted octanol–water partition coefficient (Wildman–Crippen LogP) is 1.69. The summed E-state index contributed by atoms with van der Waals surface area (Å²) in [7, 11) is 0. The average Bonchev–Trinajstić information content (AvgIpc) is 2.42. The molecule has 3 rings (SSSR count). The summed E-state index contributed by atoms with van der Waals surface area (Å²) < 4.78 is 5.99. The molecule has 3 fully saturated rings. The molecule has 0 aromatic heterocycles. The molecular weight excluding hydrogens is 254 g/mol. The highest BCUT2D eigenvalue weighted by atomic mass is 16.5. The summed E-state index contributed by atoms with van der Waals surface area (Å²) in [5, 5.41) is 20.5. The zero-order valence-electron chi connectivity index (χ0n) is 12.5. The van der Waals surface area contributed by atoms with Crippen LogP contribution in [0.5, 0.6) is 0 Å². The Morgan fingerprint density at radius 1 is 1.05 bits per heavy atom. The van der Waals surface area contributed by atoms with E-state index in [4.69, 9.17) is 4.74 Å². The molecule has 20 heavy (non-hydrogen) atoms. The van der Waals surface area contributed by atoms with E-state index in [0.717, 1.165) is 58.2 Å². The molecule has 1 atom stereocenters. The van der Waals surface area contributed by atoms with Crippen molar-refractivity contribution in [1.82, 2.24) is 4.90 Å². The van der Waals surface area contributed by atoms with Gasteiger partial charge in [0.05, 0.1) is 17.3 Å². The van der Waals surface area contributed by atoms with Crippen molar-refractivity contribution in [3.8, 4) is 0 Å². The van der Waals surface area contributed by atoms with Gasteiger partial charge in [0, 0.05) is 32.7 Å². The van der Waals surface area contributed by atoms with Crippen LogP contribution in [-0.2, 0) is 4.74 Å². The van der Waals surface area contributed by atoms with E-state index in [0.29, 0.717) is 6.61 Å². The van der Waals surface area contributed by atoms with Crippen LogP contribution in [0.3, 0.4) is 0 Å². The Kier molecular flexibility index (Phi) is 4.37. The number of aliphatic hydroxyl groups is 2. The second-order valence-electron chi connectivity index (χ2n) is 7.24. The number of hydrogen-bond donors (Lipinski definition) is 2. The lowest BCUT2D eigenvalue weighted by Gasteiger charge is -2.47. The number of nitrogens with zero attached hydrogens (tertiary/aromatic N) is 1. The summed E-state index contributed by atoms with van der Waals surface area (Å²) in [5.41, 5.74) is -0.529. The first kappa shape index (κ1) is 14.8. The third kappa shape index (κ3) is 3.35. The first-order valence-corrected chi connectivity index (χ1v) is 8.36. The van der Waals surface area contributed by atoms with Crippen molar-refractivity contribution in [2.45, 2.75) is 75.1 Å². The fourth-order valence-electron chi connectivity index (χ4n) is 4.25. The van der Waals surface area contributed by atoms with Crippen LogP contribution in [-0.4, -0.2) is 58.7 Å². The zero-order chi connectivity index (χ0) is 14.1. The summed E-state index contributed by atoms with van der Waals surface area (Å²) in [6.07, 6.45) is 8.94. The largest absolute Gasteiger partial charge is 0.393 e. The van der Waals surface area contributed by atoms with Crippen LogP contribution < -0.4 is 0 Å². The number of hydrogen-bond acceptors (Lipinski definition) is 4. The number of ether oxygens (including phenoxy) is 1. The van der Waals surface area contributed by atoms with Gasteiger partial charge in [-0.1, -0.05) is 19.3 Å². The first-order chi connectivity index (χ1) is 9.59. The van der Waals surface area contributed by atoms with Gasteiger partial charge in [0.2, 0.25) is 0 Å². The standard InChI is InChI=1S/C16H29NO3/c18-14-4-11-20-16(12-14)7-9-17(10-8-16)13-15(19)5-2-1-3-6-15/h14,18-19H,1-13H2. The molecule has 2 aliphatic heterocycles. The molecule has 0 amide bonds. The van der Waals surface area contributed by atoms with E-state index in [1.165, 1.54) is 19.3 Å². The Bertz CT molecular complexity index is 320. The maximum Gasteiger partial charge on any atom is 0.0774 e. The molecule has 2 saturated heterocycles. The molecule has 2 N–H and O–H groups in total. The minimum atomic E-state index is -0.449. The minimum absolute atomic E-state index is 0.0800. The molecule has 1 spiro atoms. The van der Waals surface area contributed by atoms with Crippen molar-refractivity contribution in [3.05, 3.63) is 0 Å². The highest BCUT2D eigenvalue weighted by molar-refractivity contribution is 4.94. The van der Waals surface area contributed by atoms with Crippen molar-refractivity contribution in [2.24, 2.45) is 0 Å². The molecule has 1 unspecified atom stereocenters. The van der Waals surface area contributed by atoms with Crippen LogP contribution in [0.25, 0.3) is 0 Å². The van der Waals surface area contributed by atoms with Gasteiger partial charge in [-0.25, -0.2) is 0 Å². The quantitative estimate of drug-likeness (QED) is 0.810. The topological polar surface area (TPSA) is 52.9 Å². The lowest BCUT2D eigenvalue weighted by molar-refractivity contribution is -0.148. The van der Waals surface area contributed by atoms with Crippen LogP contribution in [0.4, 0.5) is 0 Å². The third-order valence-electron chi connectivity index (χ3n) is 5.54.